The second kappa shape index (κ2) is 7.06. The molecular formula is C15H24N2OS. The zero-order chi connectivity index (χ0) is 13.7. The van der Waals surface area contributed by atoms with Crippen molar-refractivity contribution in [2.45, 2.75) is 45.2 Å². The molecule has 1 aromatic rings. The number of nitrogens with zero attached hydrogens (tertiary/aromatic N) is 1. The molecule has 2 unspecified atom stereocenters. The van der Waals surface area contributed by atoms with Gasteiger partial charge in [-0.1, -0.05) is 25.8 Å². The van der Waals surface area contributed by atoms with Gasteiger partial charge in [-0.15, -0.1) is 11.3 Å². The first-order valence-electron chi connectivity index (χ1n) is 7.15. The quantitative estimate of drug-likeness (QED) is 0.899. The molecule has 0 spiro atoms. The molecule has 1 fully saturated rings. The molecule has 3 nitrogen and oxygen atoms in total. The summed E-state index contributed by atoms with van der Waals surface area (Å²) in [6.07, 6.45) is 4.95. The van der Waals surface area contributed by atoms with E-state index < -0.39 is 0 Å². The van der Waals surface area contributed by atoms with Crippen LogP contribution in [0.1, 0.15) is 37.5 Å². The molecule has 0 aliphatic heterocycles. The van der Waals surface area contributed by atoms with Crippen molar-refractivity contribution in [3.05, 3.63) is 22.4 Å². The predicted octanol–water partition coefficient (Wildman–Crippen LogP) is 2.87. The number of nitrogens with one attached hydrogen (secondary N) is 1. The van der Waals surface area contributed by atoms with Crippen molar-refractivity contribution < 1.29 is 4.79 Å². The van der Waals surface area contributed by atoms with E-state index in [4.69, 9.17) is 0 Å². The fourth-order valence-electron chi connectivity index (χ4n) is 2.75. The summed E-state index contributed by atoms with van der Waals surface area (Å²) in [5, 5.41) is 5.28. The largest absolute Gasteiger partial charge is 0.352 e. The SMILES string of the molecule is CC1CCCCC1NC(=O)CN(C)Cc1cccs1. The van der Waals surface area contributed by atoms with Gasteiger partial charge in [-0.25, -0.2) is 0 Å². The van der Waals surface area contributed by atoms with E-state index >= 15 is 0 Å². The van der Waals surface area contributed by atoms with E-state index in [1.807, 2.05) is 7.05 Å². The highest BCUT2D eigenvalue weighted by Crippen LogP contribution is 2.23. The number of hydrogen-bond donors (Lipinski definition) is 1. The number of likely N-dealkylation sites (N-methyl/N-ethyl adjacent to an activating group) is 1. The Bertz CT molecular complexity index is 391. The van der Waals surface area contributed by atoms with Gasteiger partial charge in [0.15, 0.2) is 0 Å². The molecule has 0 saturated heterocycles. The van der Waals surface area contributed by atoms with Crippen molar-refractivity contribution in [1.82, 2.24) is 10.2 Å². The normalized spacial score (nSPS) is 23.5. The number of rotatable bonds is 5. The van der Waals surface area contributed by atoms with Gasteiger partial charge < -0.3 is 5.32 Å². The number of amides is 1. The van der Waals surface area contributed by atoms with Gasteiger partial charge in [-0.05, 0) is 37.3 Å². The summed E-state index contributed by atoms with van der Waals surface area (Å²) in [6.45, 7) is 3.59. The first-order valence-corrected chi connectivity index (χ1v) is 8.03. The second-order valence-electron chi connectivity index (χ2n) is 5.69. The lowest BCUT2D eigenvalue weighted by molar-refractivity contribution is -0.123. The van der Waals surface area contributed by atoms with Crippen LogP contribution in [-0.2, 0) is 11.3 Å². The summed E-state index contributed by atoms with van der Waals surface area (Å²) >= 11 is 1.74. The summed E-state index contributed by atoms with van der Waals surface area (Å²) in [5.41, 5.74) is 0. The van der Waals surface area contributed by atoms with Crippen molar-refractivity contribution in [3.63, 3.8) is 0 Å². The van der Waals surface area contributed by atoms with Crippen molar-refractivity contribution in [3.8, 4) is 0 Å². The molecule has 1 saturated carbocycles. The van der Waals surface area contributed by atoms with E-state index in [9.17, 15) is 4.79 Å². The maximum atomic E-state index is 12.0. The molecule has 1 amide bonds. The van der Waals surface area contributed by atoms with Gasteiger partial charge in [0.1, 0.15) is 0 Å². The Balaban J connectivity index is 1.74. The third kappa shape index (κ3) is 4.62. The van der Waals surface area contributed by atoms with Crippen molar-refractivity contribution in [2.75, 3.05) is 13.6 Å². The van der Waals surface area contributed by atoms with Gasteiger partial charge in [0.2, 0.25) is 5.91 Å². The zero-order valence-corrected chi connectivity index (χ0v) is 12.7. The molecule has 0 aromatic carbocycles. The Labute approximate surface area is 120 Å². The van der Waals surface area contributed by atoms with Gasteiger partial charge in [0.25, 0.3) is 0 Å². The minimum Gasteiger partial charge on any atom is -0.352 e. The Morgan fingerprint density at radius 2 is 2.26 bits per heavy atom. The Morgan fingerprint density at radius 1 is 1.47 bits per heavy atom. The van der Waals surface area contributed by atoms with Crippen LogP contribution in [0.5, 0.6) is 0 Å². The summed E-state index contributed by atoms with van der Waals surface area (Å²) in [4.78, 5) is 15.4. The topological polar surface area (TPSA) is 32.3 Å². The van der Waals surface area contributed by atoms with Crippen LogP contribution >= 0.6 is 11.3 Å². The number of carbonyl (C=O) groups excluding carboxylic acids is 1. The van der Waals surface area contributed by atoms with Crippen LogP contribution in [0.3, 0.4) is 0 Å². The minimum atomic E-state index is 0.165. The van der Waals surface area contributed by atoms with Crippen molar-refractivity contribution in [1.29, 1.82) is 0 Å². The van der Waals surface area contributed by atoms with E-state index in [1.54, 1.807) is 11.3 Å². The number of carbonyl (C=O) groups is 1. The average Bonchev–Trinajstić information content (AvgIpc) is 2.84. The van der Waals surface area contributed by atoms with Gasteiger partial charge in [-0.2, -0.15) is 0 Å². The molecule has 2 atom stereocenters. The van der Waals surface area contributed by atoms with Crippen molar-refractivity contribution in [2.24, 2.45) is 5.92 Å². The molecule has 1 N–H and O–H groups in total. The van der Waals surface area contributed by atoms with Crippen LogP contribution in [0.2, 0.25) is 0 Å². The first kappa shape index (κ1) is 14.5. The third-order valence-corrected chi connectivity index (χ3v) is 4.74. The molecule has 1 aliphatic rings. The maximum absolute atomic E-state index is 12.0. The third-order valence-electron chi connectivity index (χ3n) is 3.88. The molecule has 19 heavy (non-hydrogen) atoms. The van der Waals surface area contributed by atoms with Gasteiger partial charge in [0.05, 0.1) is 6.54 Å². The van der Waals surface area contributed by atoms with Crippen LogP contribution < -0.4 is 5.32 Å². The molecule has 4 heteroatoms. The van der Waals surface area contributed by atoms with E-state index in [2.05, 4.69) is 34.7 Å². The highest BCUT2D eigenvalue weighted by atomic mass is 32.1. The molecule has 0 bridgehead atoms. The van der Waals surface area contributed by atoms with Crippen LogP contribution in [0.15, 0.2) is 17.5 Å². The number of thiophene rings is 1. The van der Waals surface area contributed by atoms with E-state index in [0.717, 1.165) is 13.0 Å². The highest BCUT2D eigenvalue weighted by Gasteiger charge is 2.22. The predicted molar refractivity (Wildman–Crippen MR) is 80.2 cm³/mol. The highest BCUT2D eigenvalue weighted by molar-refractivity contribution is 7.09. The second-order valence-corrected chi connectivity index (χ2v) is 6.72. The summed E-state index contributed by atoms with van der Waals surface area (Å²) in [5.74, 6) is 0.790. The van der Waals surface area contributed by atoms with E-state index in [1.165, 1.54) is 24.1 Å². The lowest BCUT2D eigenvalue weighted by atomic mass is 9.86. The Morgan fingerprint density at radius 3 is 2.95 bits per heavy atom. The standard InChI is InChI=1S/C15H24N2OS/c1-12-6-3-4-8-14(12)16-15(18)11-17(2)10-13-7-5-9-19-13/h5,7,9,12,14H,3-4,6,8,10-11H2,1-2H3,(H,16,18). The van der Waals surface area contributed by atoms with Crippen LogP contribution in [0.25, 0.3) is 0 Å². The lowest BCUT2D eigenvalue weighted by Gasteiger charge is -2.30. The van der Waals surface area contributed by atoms with Gasteiger partial charge in [-0.3, -0.25) is 9.69 Å². The Hall–Kier alpha value is -0.870. The Kier molecular flexibility index (Phi) is 5.40. The number of hydrogen-bond acceptors (Lipinski definition) is 3. The molecule has 1 aromatic heterocycles. The van der Waals surface area contributed by atoms with Crippen LogP contribution in [0, 0.1) is 5.92 Å². The summed E-state index contributed by atoms with van der Waals surface area (Å²) in [6, 6.07) is 4.55. The van der Waals surface area contributed by atoms with Crippen LogP contribution in [-0.4, -0.2) is 30.4 Å². The lowest BCUT2D eigenvalue weighted by Crippen LogP contribution is -2.44. The molecule has 1 aliphatic carbocycles. The average molecular weight is 280 g/mol. The fourth-order valence-corrected chi connectivity index (χ4v) is 3.54. The molecule has 0 radical (unpaired) electrons. The zero-order valence-electron chi connectivity index (χ0n) is 11.9. The molecule has 2 rings (SSSR count). The molecule has 106 valence electrons. The van der Waals surface area contributed by atoms with Gasteiger partial charge >= 0.3 is 0 Å². The van der Waals surface area contributed by atoms with E-state index in [0.29, 0.717) is 18.5 Å². The first-order chi connectivity index (χ1) is 9.15. The minimum absolute atomic E-state index is 0.165. The molecular weight excluding hydrogens is 256 g/mol. The molecule has 1 heterocycles. The monoisotopic (exact) mass is 280 g/mol. The fraction of sp³-hybridized carbons (Fsp3) is 0.667. The summed E-state index contributed by atoms with van der Waals surface area (Å²) < 4.78 is 0. The van der Waals surface area contributed by atoms with Crippen molar-refractivity contribution >= 4 is 17.2 Å². The van der Waals surface area contributed by atoms with Gasteiger partial charge in [0, 0.05) is 17.5 Å². The smallest absolute Gasteiger partial charge is 0.234 e. The summed E-state index contributed by atoms with van der Waals surface area (Å²) in [7, 11) is 2.00. The maximum Gasteiger partial charge on any atom is 0.234 e. The van der Waals surface area contributed by atoms with Crippen LogP contribution in [0.4, 0.5) is 0 Å². The van der Waals surface area contributed by atoms with E-state index in [-0.39, 0.29) is 5.91 Å².